The number of pyridine rings is 1. The molecule has 1 N–H and O–H groups in total. The number of anilines is 1. The van der Waals surface area contributed by atoms with E-state index in [-0.39, 0.29) is 5.91 Å². The van der Waals surface area contributed by atoms with Crippen molar-refractivity contribution in [2.45, 2.75) is 17.6 Å². The summed E-state index contributed by atoms with van der Waals surface area (Å²) in [5.41, 5.74) is 4.56. The zero-order valence-corrected chi connectivity index (χ0v) is 15.7. The summed E-state index contributed by atoms with van der Waals surface area (Å²) in [6.45, 7) is 2.00. The minimum Gasteiger partial charge on any atom is -0.322 e. The molecule has 0 saturated carbocycles. The highest BCUT2D eigenvalue weighted by molar-refractivity contribution is 7.98. The van der Waals surface area contributed by atoms with Gasteiger partial charge < -0.3 is 9.72 Å². The minimum atomic E-state index is -0.0995. The average Bonchev–Trinajstić information content (AvgIpc) is 3.10. The van der Waals surface area contributed by atoms with E-state index in [1.54, 1.807) is 11.8 Å². The fraction of sp³-hybridized carbons (Fsp3) is 0.0909. The third-order valence-corrected chi connectivity index (χ3v) is 5.24. The maximum Gasteiger partial charge on any atom is 0.255 e. The van der Waals surface area contributed by atoms with Gasteiger partial charge in [0.2, 0.25) is 0 Å². The van der Waals surface area contributed by atoms with Crippen LogP contribution in [0.15, 0.2) is 84.0 Å². The predicted octanol–water partition coefficient (Wildman–Crippen LogP) is 5.19. The molecule has 0 aliphatic carbocycles. The SMILES string of the molecule is Cc1cccc(NC(=O)c2ccc(SCc3cn4ccccc4n3)cc2)c1. The number of rotatable bonds is 5. The van der Waals surface area contributed by atoms with Crippen LogP contribution in [0.3, 0.4) is 0 Å². The van der Waals surface area contributed by atoms with E-state index in [2.05, 4.69) is 10.3 Å². The zero-order valence-electron chi connectivity index (χ0n) is 14.9. The molecule has 5 heteroatoms. The van der Waals surface area contributed by atoms with Crippen molar-refractivity contribution in [3.63, 3.8) is 0 Å². The number of imidazole rings is 1. The maximum absolute atomic E-state index is 12.4. The van der Waals surface area contributed by atoms with E-state index in [9.17, 15) is 4.79 Å². The topological polar surface area (TPSA) is 46.4 Å². The Morgan fingerprint density at radius 2 is 1.93 bits per heavy atom. The molecule has 1 amide bonds. The number of aromatic nitrogens is 2. The fourth-order valence-corrected chi connectivity index (χ4v) is 3.62. The summed E-state index contributed by atoms with van der Waals surface area (Å²) in [6, 6.07) is 21.4. The lowest BCUT2D eigenvalue weighted by Crippen LogP contribution is -2.11. The number of nitrogens with zero attached hydrogens (tertiary/aromatic N) is 2. The lowest BCUT2D eigenvalue weighted by Gasteiger charge is -2.07. The van der Waals surface area contributed by atoms with Gasteiger partial charge in [0.05, 0.1) is 5.69 Å². The molecule has 0 fully saturated rings. The number of benzene rings is 2. The van der Waals surface area contributed by atoms with Gasteiger partial charge in [0, 0.05) is 34.3 Å². The summed E-state index contributed by atoms with van der Waals surface area (Å²) >= 11 is 1.71. The second-order valence-corrected chi connectivity index (χ2v) is 7.38. The van der Waals surface area contributed by atoms with Crippen molar-refractivity contribution in [2.75, 3.05) is 5.32 Å². The van der Waals surface area contributed by atoms with Crippen LogP contribution in [0.5, 0.6) is 0 Å². The molecule has 0 aliphatic rings. The molecule has 0 aliphatic heterocycles. The predicted molar refractivity (Wildman–Crippen MR) is 110 cm³/mol. The number of hydrogen-bond donors (Lipinski definition) is 1. The molecule has 2 aromatic carbocycles. The van der Waals surface area contributed by atoms with Gasteiger partial charge in [-0.25, -0.2) is 4.98 Å². The highest BCUT2D eigenvalue weighted by Gasteiger charge is 2.07. The molecule has 2 aromatic heterocycles. The Labute approximate surface area is 162 Å². The first kappa shape index (κ1) is 17.4. The maximum atomic E-state index is 12.4. The smallest absolute Gasteiger partial charge is 0.255 e. The number of amides is 1. The highest BCUT2D eigenvalue weighted by Crippen LogP contribution is 2.23. The summed E-state index contributed by atoms with van der Waals surface area (Å²) in [5, 5.41) is 2.93. The van der Waals surface area contributed by atoms with Gasteiger partial charge in [-0.1, -0.05) is 18.2 Å². The van der Waals surface area contributed by atoms with Crippen molar-refractivity contribution in [3.05, 3.63) is 95.9 Å². The summed E-state index contributed by atoms with van der Waals surface area (Å²) in [4.78, 5) is 18.1. The van der Waals surface area contributed by atoms with Gasteiger partial charge in [-0.2, -0.15) is 0 Å². The second-order valence-electron chi connectivity index (χ2n) is 6.34. The molecule has 0 spiro atoms. The number of thioether (sulfide) groups is 1. The Morgan fingerprint density at radius 1 is 1.07 bits per heavy atom. The van der Waals surface area contributed by atoms with E-state index >= 15 is 0 Å². The number of aryl methyl sites for hydroxylation is 1. The van der Waals surface area contributed by atoms with Gasteiger partial charge in [0.1, 0.15) is 5.65 Å². The average molecular weight is 373 g/mol. The van der Waals surface area contributed by atoms with E-state index in [1.807, 2.05) is 90.4 Å². The lowest BCUT2D eigenvalue weighted by atomic mass is 10.2. The van der Waals surface area contributed by atoms with Crippen LogP contribution in [-0.4, -0.2) is 15.3 Å². The number of carbonyl (C=O) groups excluding carboxylic acids is 1. The van der Waals surface area contributed by atoms with E-state index in [1.165, 1.54) is 0 Å². The van der Waals surface area contributed by atoms with Crippen molar-refractivity contribution in [3.8, 4) is 0 Å². The van der Waals surface area contributed by atoms with Crippen LogP contribution < -0.4 is 5.32 Å². The van der Waals surface area contributed by atoms with Crippen molar-refractivity contribution >= 4 is 29.0 Å². The van der Waals surface area contributed by atoms with Crippen LogP contribution in [0.4, 0.5) is 5.69 Å². The number of fused-ring (bicyclic) bond motifs is 1. The molecule has 0 unspecified atom stereocenters. The van der Waals surface area contributed by atoms with Gasteiger partial charge in [0.25, 0.3) is 5.91 Å². The number of carbonyl (C=O) groups is 1. The largest absolute Gasteiger partial charge is 0.322 e. The molecule has 0 radical (unpaired) electrons. The molecule has 0 atom stereocenters. The first-order chi connectivity index (χ1) is 13.2. The first-order valence-electron chi connectivity index (χ1n) is 8.71. The molecule has 0 saturated heterocycles. The zero-order chi connectivity index (χ0) is 18.6. The van der Waals surface area contributed by atoms with E-state index in [0.29, 0.717) is 5.56 Å². The lowest BCUT2D eigenvalue weighted by molar-refractivity contribution is 0.102. The Hall–Kier alpha value is -3.05. The first-order valence-corrected chi connectivity index (χ1v) is 9.69. The third kappa shape index (κ3) is 4.20. The molecule has 4 nitrogen and oxygen atoms in total. The normalized spacial score (nSPS) is 10.9. The molecule has 134 valence electrons. The third-order valence-electron chi connectivity index (χ3n) is 4.19. The Bertz CT molecular complexity index is 1050. The summed E-state index contributed by atoms with van der Waals surface area (Å²) in [6.07, 6.45) is 4.05. The highest BCUT2D eigenvalue weighted by atomic mass is 32.2. The van der Waals surface area contributed by atoms with E-state index in [4.69, 9.17) is 0 Å². The van der Waals surface area contributed by atoms with Gasteiger partial charge in [-0.15, -0.1) is 11.8 Å². The van der Waals surface area contributed by atoms with Gasteiger partial charge in [-0.3, -0.25) is 4.79 Å². The molecule has 2 heterocycles. The number of hydrogen-bond acceptors (Lipinski definition) is 3. The van der Waals surface area contributed by atoms with Crippen molar-refractivity contribution in [1.82, 2.24) is 9.38 Å². The minimum absolute atomic E-state index is 0.0995. The van der Waals surface area contributed by atoms with Crippen molar-refractivity contribution < 1.29 is 4.79 Å². The summed E-state index contributed by atoms with van der Waals surface area (Å²) in [5.74, 6) is 0.689. The van der Waals surface area contributed by atoms with Crippen molar-refractivity contribution in [1.29, 1.82) is 0 Å². The summed E-state index contributed by atoms with van der Waals surface area (Å²) < 4.78 is 2.02. The van der Waals surface area contributed by atoms with E-state index < -0.39 is 0 Å². The summed E-state index contributed by atoms with van der Waals surface area (Å²) in [7, 11) is 0. The molecule has 4 rings (SSSR count). The molecular weight excluding hydrogens is 354 g/mol. The van der Waals surface area contributed by atoms with Crippen LogP contribution >= 0.6 is 11.8 Å². The van der Waals surface area contributed by atoms with Crippen LogP contribution in [0, 0.1) is 6.92 Å². The van der Waals surface area contributed by atoms with E-state index in [0.717, 1.165) is 33.2 Å². The standard InChI is InChI=1S/C22H19N3OS/c1-16-5-4-6-18(13-16)24-22(26)17-8-10-20(11-9-17)27-15-19-14-25-12-3-2-7-21(25)23-19/h2-14H,15H2,1H3,(H,24,26). The Kier molecular flexibility index (Phi) is 4.94. The van der Waals surface area contributed by atoms with Gasteiger partial charge >= 0.3 is 0 Å². The van der Waals surface area contributed by atoms with Crippen molar-refractivity contribution in [2.24, 2.45) is 0 Å². The second kappa shape index (κ2) is 7.68. The number of nitrogens with one attached hydrogen (secondary N) is 1. The molecule has 4 aromatic rings. The molecule has 0 bridgehead atoms. The fourth-order valence-electron chi connectivity index (χ4n) is 2.84. The van der Waals surface area contributed by atoms with Gasteiger partial charge in [0.15, 0.2) is 0 Å². The van der Waals surface area contributed by atoms with Crippen LogP contribution in [0.2, 0.25) is 0 Å². The van der Waals surface area contributed by atoms with Crippen LogP contribution in [0.25, 0.3) is 5.65 Å². The molecule has 27 heavy (non-hydrogen) atoms. The molecular formula is C22H19N3OS. The Morgan fingerprint density at radius 3 is 2.70 bits per heavy atom. The monoisotopic (exact) mass is 373 g/mol. The van der Waals surface area contributed by atoms with Gasteiger partial charge in [-0.05, 0) is 61.0 Å². The van der Waals surface area contributed by atoms with Crippen LogP contribution in [0.1, 0.15) is 21.6 Å². The quantitative estimate of drug-likeness (QED) is 0.490. The van der Waals surface area contributed by atoms with Crippen LogP contribution in [-0.2, 0) is 5.75 Å². The Balaban J connectivity index is 1.38.